The third-order valence-electron chi connectivity index (χ3n) is 7.28. The number of likely N-dealkylation sites (tertiary alicyclic amines) is 2. The highest BCUT2D eigenvalue weighted by Gasteiger charge is 2.54. The minimum atomic E-state index is 0. The fourth-order valence-corrected chi connectivity index (χ4v) is 6.38. The SMILES string of the molecule is CCCCN1CC2CN(C(=O)c3ccc(Cl)cc3Cl)CC(C1)C21CCCC1.Cl. The van der Waals surface area contributed by atoms with Crippen LogP contribution in [0.25, 0.3) is 0 Å². The third-order valence-corrected chi connectivity index (χ3v) is 7.82. The topological polar surface area (TPSA) is 23.6 Å². The van der Waals surface area contributed by atoms with Crippen molar-refractivity contribution in [1.82, 2.24) is 9.80 Å². The number of amides is 1. The molecule has 1 aromatic rings. The van der Waals surface area contributed by atoms with Gasteiger partial charge in [-0.15, -0.1) is 12.4 Å². The average molecular weight is 446 g/mol. The zero-order valence-corrected chi connectivity index (χ0v) is 19.0. The fraction of sp³-hybridized carbons (Fsp3) is 0.682. The van der Waals surface area contributed by atoms with Crippen molar-refractivity contribution in [3.63, 3.8) is 0 Å². The minimum Gasteiger partial charge on any atom is -0.338 e. The third kappa shape index (κ3) is 4.05. The van der Waals surface area contributed by atoms with Gasteiger partial charge < -0.3 is 9.80 Å². The van der Waals surface area contributed by atoms with E-state index in [-0.39, 0.29) is 18.3 Å². The van der Waals surface area contributed by atoms with Crippen molar-refractivity contribution in [3.8, 4) is 0 Å². The summed E-state index contributed by atoms with van der Waals surface area (Å²) in [4.78, 5) is 17.9. The lowest BCUT2D eigenvalue weighted by Crippen LogP contribution is -2.63. The summed E-state index contributed by atoms with van der Waals surface area (Å²) >= 11 is 12.3. The molecule has 0 radical (unpaired) electrons. The van der Waals surface area contributed by atoms with Gasteiger partial charge in [-0.2, -0.15) is 0 Å². The van der Waals surface area contributed by atoms with Crippen LogP contribution in [-0.2, 0) is 0 Å². The Labute approximate surface area is 185 Å². The van der Waals surface area contributed by atoms with Crippen LogP contribution >= 0.6 is 35.6 Å². The van der Waals surface area contributed by atoms with E-state index in [9.17, 15) is 4.79 Å². The number of hydrogen-bond acceptors (Lipinski definition) is 2. The Morgan fingerprint density at radius 1 is 1.11 bits per heavy atom. The molecule has 2 atom stereocenters. The summed E-state index contributed by atoms with van der Waals surface area (Å²) in [6.07, 6.45) is 7.95. The van der Waals surface area contributed by atoms with Crippen LogP contribution in [0.15, 0.2) is 18.2 Å². The molecule has 156 valence electrons. The lowest BCUT2D eigenvalue weighted by atomic mass is 9.60. The molecule has 0 N–H and O–H groups in total. The molecular weight excluding hydrogens is 415 g/mol. The zero-order valence-electron chi connectivity index (χ0n) is 16.6. The standard InChI is InChI=1S/C22H30Cl2N2O.ClH/c1-2-3-10-25-12-16-14-26(15-17(13-25)22(16)8-4-5-9-22)21(27)19-7-6-18(23)11-20(19)24;/h6-7,11,16-17H,2-5,8-10,12-15H2,1H3;1H. The number of nitrogens with zero attached hydrogens (tertiary/aromatic N) is 2. The Kier molecular flexibility index (Phi) is 7.23. The van der Waals surface area contributed by atoms with Gasteiger partial charge in [-0.3, -0.25) is 4.79 Å². The average Bonchev–Trinajstić information content (AvgIpc) is 3.10. The molecule has 28 heavy (non-hydrogen) atoms. The second-order valence-electron chi connectivity index (χ2n) is 8.78. The van der Waals surface area contributed by atoms with Gasteiger partial charge in [0.25, 0.3) is 5.91 Å². The van der Waals surface area contributed by atoms with Gasteiger partial charge in [-0.25, -0.2) is 0 Å². The van der Waals surface area contributed by atoms with Crippen LogP contribution in [0.3, 0.4) is 0 Å². The van der Waals surface area contributed by atoms with Crippen LogP contribution < -0.4 is 0 Å². The van der Waals surface area contributed by atoms with E-state index >= 15 is 0 Å². The van der Waals surface area contributed by atoms with Crippen molar-refractivity contribution in [1.29, 1.82) is 0 Å². The molecule has 3 nitrogen and oxygen atoms in total. The molecule has 1 spiro atoms. The Morgan fingerprint density at radius 2 is 1.75 bits per heavy atom. The second kappa shape index (κ2) is 9.12. The van der Waals surface area contributed by atoms with E-state index < -0.39 is 0 Å². The van der Waals surface area contributed by atoms with E-state index in [0.717, 1.165) is 26.2 Å². The van der Waals surface area contributed by atoms with Gasteiger partial charge >= 0.3 is 0 Å². The van der Waals surface area contributed by atoms with Crippen molar-refractivity contribution >= 4 is 41.5 Å². The number of halogens is 3. The predicted octanol–water partition coefficient (Wildman–Crippen LogP) is 5.78. The number of benzene rings is 1. The highest BCUT2D eigenvalue weighted by Crippen LogP contribution is 2.55. The summed E-state index contributed by atoms with van der Waals surface area (Å²) in [5, 5.41) is 1.03. The molecule has 2 unspecified atom stereocenters. The summed E-state index contributed by atoms with van der Waals surface area (Å²) < 4.78 is 0. The summed E-state index contributed by atoms with van der Waals surface area (Å²) in [5.41, 5.74) is 1.06. The summed E-state index contributed by atoms with van der Waals surface area (Å²) in [6.45, 7) is 7.51. The number of unbranched alkanes of at least 4 members (excludes halogenated alkanes) is 1. The van der Waals surface area contributed by atoms with Gasteiger partial charge in [-0.1, -0.05) is 49.4 Å². The quantitative estimate of drug-likeness (QED) is 0.586. The number of carbonyl (C=O) groups is 1. The maximum Gasteiger partial charge on any atom is 0.255 e. The molecule has 1 saturated carbocycles. The molecule has 1 amide bonds. The minimum absolute atomic E-state index is 0. The molecule has 6 heteroatoms. The first kappa shape index (κ1) is 22.2. The predicted molar refractivity (Wildman–Crippen MR) is 119 cm³/mol. The summed E-state index contributed by atoms with van der Waals surface area (Å²) in [5.74, 6) is 1.26. The van der Waals surface area contributed by atoms with E-state index in [1.54, 1.807) is 18.2 Å². The first-order valence-corrected chi connectivity index (χ1v) is 11.3. The highest BCUT2D eigenvalue weighted by atomic mass is 35.5. The Bertz CT molecular complexity index is 687. The maximum atomic E-state index is 13.2. The van der Waals surface area contributed by atoms with Crippen LogP contribution in [0.1, 0.15) is 55.8 Å². The molecular formula is C22H31Cl3N2O. The van der Waals surface area contributed by atoms with Crippen molar-refractivity contribution in [2.45, 2.75) is 45.4 Å². The molecule has 1 aromatic carbocycles. The molecule has 3 fully saturated rings. The van der Waals surface area contributed by atoms with Gasteiger partial charge in [0, 0.05) is 31.2 Å². The van der Waals surface area contributed by atoms with E-state index in [4.69, 9.17) is 23.2 Å². The number of rotatable bonds is 4. The monoisotopic (exact) mass is 444 g/mol. The van der Waals surface area contributed by atoms with Crippen LogP contribution in [0.2, 0.25) is 10.0 Å². The summed E-state index contributed by atoms with van der Waals surface area (Å²) in [7, 11) is 0. The van der Waals surface area contributed by atoms with Gasteiger partial charge in [0.1, 0.15) is 0 Å². The second-order valence-corrected chi connectivity index (χ2v) is 9.63. The molecule has 2 heterocycles. The molecule has 2 aliphatic heterocycles. The first-order chi connectivity index (χ1) is 13.0. The highest BCUT2D eigenvalue weighted by molar-refractivity contribution is 6.36. The van der Waals surface area contributed by atoms with Crippen LogP contribution in [-0.4, -0.2) is 48.4 Å². The number of hydrogen-bond donors (Lipinski definition) is 0. The van der Waals surface area contributed by atoms with Gasteiger partial charge in [0.15, 0.2) is 0 Å². The summed E-state index contributed by atoms with van der Waals surface area (Å²) in [6, 6.07) is 5.21. The van der Waals surface area contributed by atoms with E-state index in [1.165, 1.54) is 45.1 Å². The van der Waals surface area contributed by atoms with Crippen LogP contribution in [0, 0.1) is 17.3 Å². The van der Waals surface area contributed by atoms with E-state index in [0.29, 0.717) is 32.9 Å². The fourth-order valence-electron chi connectivity index (χ4n) is 5.89. The van der Waals surface area contributed by atoms with Gasteiger partial charge in [0.05, 0.1) is 10.6 Å². The number of piperidine rings is 2. The normalized spacial score (nSPS) is 26.3. The molecule has 2 saturated heterocycles. The number of carbonyl (C=O) groups excluding carboxylic acids is 1. The van der Waals surface area contributed by atoms with E-state index in [2.05, 4.69) is 16.7 Å². The molecule has 1 aliphatic carbocycles. The Balaban J connectivity index is 0.00000225. The van der Waals surface area contributed by atoms with Crippen LogP contribution in [0.4, 0.5) is 0 Å². The lowest BCUT2D eigenvalue weighted by Gasteiger charge is -2.57. The van der Waals surface area contributed by atoms with E-state index in [1.807, 2.05) is 0 Å². The van der Waals surface area contributed by atoms with Crippen LogP contribution in [0.5, 0.6) is 0 Å². The Hall–Kier alpha value is -0.480. The van der Waals surface area contributed by atoms with Gasteiger partial charge in [-0.05, 0) is 61.3 Å². The van der Waals surface area contributed by atoms with Crippen molar-refractivity contribution in [2.24, 2.45) is 17.3 Å². The van der Waals surface area contributed by atoms with Crippen molar-refractivity contribution < 1.29 is 4.79 Å². The molecule has 2 bridgehead atoms. The molecule has 4 rings (SSSR count). The zero-order chi connectivity index (χ0) is 19.0. The molecule has 0 aromatic heterocycles. The Morgan fingerprint density at radius 3 is 2.32 bits per heavy atom. The van der Waals surface area contributed by atoms with Crippen molar-refractivity contribution in [3.05, 3.63) is 33.8 Å². The maximum absolute atomic E-state index is 13.2. The lowest BCUT2D eigenvalue weighted by molar-refractivity contribution is -0.0795. The van der Waals surface area contributed by atoms with Gasteiger partial charge in [0.2, 0.25) is 0 Å². The van der Waals surface area contributed by atoms with Crippen molar-refractivity contribution in [2.75, 3.05) is 32.7 Å². The molecule has 3 aliphatic rings. The smallest absolute Gasteiger partial charge is 0.255 e. The largest absolute Gasteiger partial charge is 0.338 e. The first-order valence-electron chi connectivity index (χ1n) is 10.5.